The third kappa shape index (κ3) is 6.22. The van der Waals surface area contributed by atoms with Gasteiger partial charge < -0.3 is 10.0 Å². The van der Waals surface area contributed by atoms with Crippen LogP contribution < -0.4 is 5.46 Å². The molecule has 18 heavy (non-hydrogen) atoms. The molecular formula is C15H25BO2. The fourth-order valence-electron chi connectivity index (χ4n) is 2.51. The molecule has 0 heterocycles. The van der Waals surface area contributed by atoms with Crippen LogP contribution in [0.15, 0.2) is 30.3 Å². The second kappa shape index (κ2) is 9.18. The highest BCUT2D eigenvalue weighted by atomic mass is 16.4. The standard InChI is InChI=1S/C9H18.C6H7BO2/c1-2-6-9-7-4-3-5-8-9;8-7(9)6-4-2-1-3-5-6/h9H,2-8H2,1H3;1-5,8-9H. The SMILES string of the molecule is CCCC1CCCCC1.OB(O)c1ccccc1. The van der Waals surface area contributed by atoms with Crippen molar-refractivity contribution in [2.45, 2.75) is 51.9 Å². The summed E-state index contributed by atoms with van der Waals surface area (Å²) in [5.41, 5.74) is 0.525. The van der Waals surface area contributed by atoms with Gasteiger partial charge in [0.15, 0.2) is 0 Å². The van der Waals surface area contributed by atoms with Crippen LogP contribution in [0, 0.1) is 5.92 Å². The van der Waals surface area contributed by atoms with Crippen molar-refractivity contribution in [3.63, 3.8) is 0 Å². The average Bonchev–Trinajstić information content (AvgIpc) is 2.42. The van der Waals surface area contributed by atoms with Gasteiger partial charge in [-0.3, -0.25) is 0 Å². The van der Waals surface area contributed by atoms with Gasteiger partial charge >= 0.3 is 7.12 Å². The zero-order valence-corrected chi connectivity index (χ0v) is 11.4. The molecular weight excluding hydrogens is 223 g/mol. The second-order valence-electron chi connectivity index (χ2n) is 5.08. The molecule has 1 aliphatic rings. The highest BCUT2D eigenvalue weighted by molar-refractivity contribution is 6.58. The lowest BCUT2D eigenvalue weighted by atomic mass is 9.81. The molecule has 0 unspecified atom stereocenters. The van der Waals surface area contributed by atoms with Crippen molar-refractivity contribution in [2.75, 3.05) is 0 Å². The minimum absolute atomic E-state index is 0.525. The van der Waals surface area contributed by atoms with E-state index in [9.17, 15) is 0 Å². The first kappa shape index (κ1) is 15.3. The Kier molecular flexibility index (Phi) is 7.78. The molecule has 0 amide bonds. The van der Waals surface area contributed by atoms with Crippen LogP contribution in [0.2, 0.25) is 0 Å². The monoisotopic (exact) mass is 248 g/mol. The first-order chi connectivity index (χ1) is 8.74. The molecule has 1 aromatic rings. The van der Waals surface area contributed by atoms with Crippen LogP contribution in [-0.4, -0.2) is 17.2 Å². The zero-order valence-electron chi connectivity index (χ0n) is 11.4. The maximum Gasteiger partial charge on any atom is 0.488 e. The summed E-state index contributed by atoms with van der Waals surface area (Å²) in [7, 11) is -1.34. The van der Waals surface area contributed by atoms with E-state index in [-0.39, 0.29) is 0 Å². The van der Waals surface area contributed by atoms with Gasteiger partial charge in [-0.15, -0.1) is 0 Å². The molecule has 100 valence electrons. The largest absolute Gasteiger partial charge is 0.488 e. The Morgan fingerprint density at radius 1 is 1.06 bits per heavy atom. The van der Waals surface area contributed by atoms with Crippen molar-refractivity contribution >= 4 is 12.6 Å². The van der Waals surface area contributed by atoms with Crippen LogP contribution >= 0.6 is 0 Å². The third-order valence-electron chi connectivity index (χ3n) is 3.52. The average molecular weight is 248 g/mol. The fraction of sp³-hybridized carbons (Fsp3) is 0.600. The molecule has 0 bridgehead atoms. The van der Waals surface area contributed by atoms with Gasteiger partial charge in [0.05, 0.1) is 0 Å². The molecule has 2 rings (SSSR count). The normalized spacial score (nSPS) is 15.7. The highest BCUT2D eigenvalue weighted by Crippen LogP contribution is 2.26. The van der Waals surface area contributed by atoms with Gasteiger partial charge in [0.1, 0.15) is 0 Å². The molecule has 0 aromatic heterocycles. The van der Waals surface area contributed by atoms with E-state index in [2.05, 4.69) is 6.92 Å². The first-order valence-corrected chi connectivity index (χ1v) is 7.15. The van der Waals surface area contributed by atoms with Gasteiger partial charge in [0, 0.05) is 0 Å². The Bertz CT molecular complexity index is 292. The molecule has 0 atom stereocenters. The van der Waals surface area contributed by atoms with E-state index in [0.29, 0.717) is 5.46 Å². The molecule has 0 spiro atoms. The van der Waals surface area contributed by atoms with Crippen molar-refractivity contribution in [3.8, 4) is 0 Å². The van der Waals surface area contributed by atoms with Gasteiger partial charge in [0.2, 0.25) is 0 Å². The van der Waals surface area contributed by atoms with Gasteiger partial charge in [0.25, 0.3) is 0 Å². The summed E-state index contributed by atoms with van der Waals surface area (Å²) in [5.74, 6) is 1.10. The molecule has 0 aliphatic heterocycles. The van der Waals surface area contributed by atoms with E-state index in [1.807, 2.05) is 6.07 Å². The highest BCUT2D eigenvalue weighted by Gasteiger charge is 2.11. The molecule has 2 nitrogen and oxygen atoms in total. The number of hydrogen-bond donors (Lipinski definition) is 2. The summed E-state index contributed by atoms with van der Waals surface area (Å²) >= 11 is 0. The van der Waals surface area contributed by atoms with E-state index >= 15 is 0 Å². The van der Waals surface area contributed by atoms with Crippen molar-refractivity contribution in [3.05, 3.63) is 30.3 Å². The van der Waals surface area contributed by atoms with Crippen LogP contribution in [0.4, 0.5) is 0 Å². The van der Waals surface area contributed by atoms with E-state index in [4.69, 9.17) is 10.0 Å². The lowest BCUT2D eigenvalue weighted by Crippen LogP contribution is -2.29. The van der Waals surface area contributed by atoms with E-state index in [0.717, 1.165) is 5.92 Å². The predicted molar refractivity (Wildman–Crippen MR) is 77.8 cm³/mol. The van der Waals surface area contributed by atoms with Crippen LogP contribution in [0.1, 0.15) is 51.9 Å². The molecule has 1 saturated carbocycles. The molecule has 3 heteroatoms. The summed E-state index contributed by atoms with van der Waals surface area (Å²) in [6.07, 6.45) is 10.4. The molecule has 1 fully saturated rings. The van der Waals surface area contributed by atoms with Crippen molar-refractivity contribution < 1.29 is 10.0 Å². The third-order valence-corrected chi connectivity index (χ3v) is 3.52. The predicted octanol–water partition coefficient (Wildman–Crippen LogP) is 2.73. The lowest BCUT2D eigenvalue weighted by molar-refractivity contribution is 0.336. The van der Waals surface area contributed by atoms with Gasteiger partial charge in [-0.05, 0) is 11.4 Å². The van der Waals surface area contributed by atoms with Crippen LogP contribution in [0.3, 0.4) is 0 Å². The minimum Gasteiger partial charge on any atom is -0.423 e. The topological polar surface area (TPSA) is 40.5 Å². The molecule has 1 aromatic carbocycles. The Balaban J connectivity index is 0.000000180. The van der Waals surface area contributed by atoms with Crippen molar-refractivity contribution in [2.24, 2.45) is 5.92 Å². The van der Waals surface area contributed by atoms with Gasteiger partial charge in [-0.25, -0.2) is 0 Å². The van der Waals surface area contributed by atoms with E-state index < -0.39 is 7.12 Å². The van der Waals surface area contributed by atoms with Crippen molar-refractivity contribution in [1.82, 2.24) is 0 Å². The molecule has 2 N–H and O–H groups in total. The van der Waals surface area contributed by atoms with E-state index in [1.165, 1.54) is 44.9 Å². The summed E-state index contributed by atoms with van der Waals surface area (Å²) in [6.45, 7) is 2.30. The minimum atomic E-state index is -1.34. The smallest absolute Gasteiger partial charge is 0.423 e. The zero-order chi connectivity index (χ0) is 13.2. The summed E-state index contributed by atoms with van der Waals surface area (Å²) in [4.78, 5) is 0. The van der Waals surface area contributed by atoms with Crippen LogP contribution in [0.5, 0.6) is 0 Å². The number of benzene rings is 1. The van der Waals surface area contributed by atoms with Crippen LogP contribution in [-0.2, 0) is 0 Å². The van der Waals surface area contributed by atoms with Gasteiger partial charge in [-0.2, -0.15) is 0 Å². The number of hydrogen-bond acceptors (Lipinski definition) is 2. The Morgan fingerprint density at radius 3 is 2.11 bits per heavy atom. The van der Waals surface area contributed by atoms with Crippen molar-refractivity contribution in [1.29, 1.82) is 0 Å². The maximum atomic E-state index is 8.58. The molecule has 0 saturated heterocycles. The van der Waals surface area contributed by atoms with Crippen LogP contribution in [0.25, 0.3) is 0 Å². The molecule has 1 aliphatic carbocycles. The fourth-order valence-corrected chi connectivity index (χ4v) is 2.51. The Hall–Kier alpha value is -0.795. The summed E-state index contributed by atoms with van der Waals surface area (Å²) in [5, 5.41) is 17.2. The Morgan fingerprint density at radius 2 is 1.67 bits per heavy atom. The Labute approximate surface area is 111 Å². The quantitative estimate of drug-likeness (QED) is 0.807. The van der Waals surface area contributed by atoms with E-state index in [1.54, 1.807) is 24.3 Å². The maximum absolute atomic E-state index is 8.58. The second-order valence-corrected chi connectivity index (χ2v) is 5.08. The molecule has 0 radical (unpaired) electrons. The summed E-state index contributed by atoms with van der Waals surface area (Å²) in [6, 6.07) is 8.66. The van der Waals surface area contributed by atoms with Gasteiger partial charge in [-0.1, -0.05) is 82.2 Å². The summed E-state index contributed by atoms with van der Waals surface area (Å²) < 4.78 is 0. The first-order valence-electron chi connectivity index (χ1n) is 7.15. The number of rotatable bonds is 3. The lowest BCUT2D eigenvalue weighted by Gasteiger charge is -2.20.